The Balaban J connectivity index is 1.00. The second-order valence-electron chi connectivity index (χ2n) is 10.1. The summed E-state index contributed by atoms with van der Waals surface area (Å²) >= 11 is 0. The molecule has 3 aliphatic rings. The molecular weight excluding hydrogens is 472 g/mol. The second kappa shape index (κ2) is 11.8. The van der Waals surface area contributed by atoms with Gasteiger partial charge in [-0.05, 0) is 48.9 Å². The normalized spacial score (nSPS) is 19.4. The van der Waals surface area contributed by atoms with Crippen LogP contribution < -0.4 is 19.5 Å². The third kappa shape index (κ3) is 6.93. The Morgan fingerprint density at radius 1 is 1.08 bits per heavy atom. The standard InChI is InChI=1S/C28H36N4O5/c1-30(19-23-6-8-27(33)29-23)18-22-3-2-4-24(15-22)35-14-13-31-9-11-32(12-10-31)28(34)17-21-5-7-25-26(16-21)37-20-36-25/h2-5,7,15-16,23H,6,8-14,17-20H2,1H3,(H,29,33). The first kappa shape index (κ1) is 25.4. The number of benzene rings is 2. The van der Waals surface area contributed by atoms with Crippen LogP contribution in [0.3, 0.4) is 0 Å². The van der Waals surface area contributed by atoms with Crippen LogP contribution in [0.15, 0.2) is 42.5 Å². The van der Waals surface area contributed by atoms with Crippen LogP contribution in [0.1, 0.15) is 24.0 Å². The molecule has 0 aromatic heterocycles. The van der Waals surface area contributed by atoms with Crippen molar-refractivity contribution in [3.63, 3.8) is 0 Å². The molecule has 3 heterocycles. The van der Waals surface area contributed by atoms with Crippen LogP contribution in [0.25, 0.3) is 0 Å². The smallest absolute Gasteiger partial charge is 0.231 e. The molecule has 0 spiro atoms. The Kier molecular flexibility index (Phi) is 8.11. The van der Waals surface area contributed by atoms with Gasteiger partial charge in [0.15, 0.2) is 11.5 Å². The molecule has 0 saturated carbocycles. The van der Waals surface area contributed by atoms with Gasteiger partial charge in [0.05, 0.1) is 6.42 Å². The molecule has 0 aliphatic carbocycles. The molecule has 1 unspecified atom stereocenters. The number of nitrogens with one attached hydrogen (secondary N) is 1. The maximum atomic E-state index is 12.8. The van der Waals surface area contributed by atoms with Crippen LogP contribution in [-0.2, 0) is 22.6 Å². The van der Waals surface area contributed by atoms with Crippen LogP contribution in [-0.4, -0.2) is 92.3 Å². The molecule has 2 aromatic carbocycles. The number of fused-ring (bicyclic) bond motifs is 1. The minimum atomic E-state index is 0.145. The van der Waals surface area contributed by atoms with Crippen molar-refractivity contribution in [3.8, 4) is 17.2 Å². The SMILES string of the molecule is CN(Cc1cccc(OCCN2CCN(C(=O)Cc3ccc4c(c3)OCO4)CC2)c1)CC1CCC(=O)N1. The van der Waals surface area contributed by atoms with Crippen molar-refractivity contribution >= 4 is 11.8 Å². The van der Waals surface area contributed by atoms with Gasteiger partial charge < -0.3 is 29.3 Å². The monoisotopic (exact) mass is 508 g/mol. The topological polar surface area (TPSA) is 83.6 Å². The van der Waals surface area contributed by atoms with Gasteiger partial charge in [0.1, 0.15) is 12.4 Å². The minimum Gasteiger partial charge on any atom is -0.492 e. The molecule has 9 nitrogen and oxygen atoms in total. The van der Waals surface area contributed by atoms with E-state index in [9.17, 15) is 9.59 Å². The fourth-order valence-corrected chi connectivity index (χ4v) is 5.15. The van der Waals surface area contributed by atoms with Gasteiger partial charge in [-0.25, -0.2) is 0 Å². The average Bonchev–Trinajstić information content (AvgIpc) is 3.52. The Bertz CT molecular complexity index is 1100. The van der Waals surface area contributed by atoms with Crippen LogP contribution in [0.2, 0.25) is 0 Å². The number of ether oxygens (including phenoxy) is 3. The summed E-state index contributed by atoms with van der Waals surface area (Å²) in [6.07, 6.45) is 1.92. The number of carbonyl (C=O) groups is 2. The van der Waals surface area contributed by atoms with Gasteiger partial charge in [0.25, 0.3) is 0 Å². The van der Waals surface area contributed by atoms with Gasteiger partial charge >= 0.3 is 0 Å². The van der Waals surface area contributed by atoms with E-state index in [4.69, 9.17) is 14.2 Å². The number of piperazine rings is 1. The predicted molar refractivity (Wildman–Crippen MR) is 139 cm³/mol. The van der Waals surface area contributed by atoms with E-state index in [1.807, 2.05) is 35.2 Å². The van der Waals surface area contributed by atoms with Crippen LogP contribution in [0, 0.1) is 0 Å². The van der Waals surface area contributed by atoms with E-state index in [1.54, 1.807) is 0 Å². The van der Waals surface area contributed by atoms with Crippen molar-refractivity contribution in [2.75, 3.05) is 59.7 Å². The fourth-order valence-electron chi connectivity index (χ4n) is 5.15. The van der Waals surface area contributed by atoms with Crippen molar-refractivity contribution in [1.29, 1.82) is 0 Å². The van der Waals surface area contributed by atoms with Gasteiger partial charge in [0, 0.05) is 58.3 Å². The molecule has 2 aromatic rings. The lowest BCUT2D eigenvalue weighted by atomic mass is 10.1. The van der Waals surface area contributed by atoms with Crippen molar-refractivity contribution in [1.82, 2.24) is 20.0 Å². The van der Waals surface area contributed by atoms with Gasteiger partial charge in [-0.3, -0.25) is 14.5 Å². The van der Waals surface area contributed by atoms with Gasteiger partial charge in [-0.1, -0.05) is 18.2 Å². The number of rotatable bonds is 10. The molecule has 9 heteroatoms. The van der Waals surface area contributed by atoms with Crippen molar-refractivity contribution in [3.05, 3.63) is 53.6 Å². The highest BCUT2D eigenvalue weighted by Crippen LogP contribution is 2.32. The summed E-state index contributed by atoms with van der Waals surface area (Å²) in [4.78, 5) is 30.7. The van der Waals surface area contributed by atoms with E-state index in [2.05, 4.69) is 34.3 Å². The predicted octanol–water partition coefficient (Wildman–Crippen LogP) is 1.89. The molecule has 0 radical (unpaired) electrons. The Morgan fingerprint density at radius 2 is 1.92 bits per heavy atom. The molecule has 37 heavy (non-hydrogen) atoms. The highest BCUT2D eigenvalue weighted by atomic mass is 16.7. The summed E-state index contributed by atoms with van der Waals surface area (Å²) in [5.41, 5.74) is 2.14. The number of likely N-dealkylation sites (N-methyl/N-ethyl adjacent to an activating group) is 1. The number of hydrogen-bond donors (Lipinski definition) is 1. The third-order valence-electron chi connectivity index (χ3n) is 7.16. The zero-order chi connectivity index (χ0) is 25.6. The van der Waals surface area contributed by atoms with Gasteiger partial charge in [-0.2, -0.15) is 0 Å². The minimum absolute atomic E-state index is 0.145. The molecular formula is C28H36N4O5. The van der Waals surface area contributed by atoms with E-state index in [0.717, 1.165) is 69.3 Å². The highest BCUT2D eigenvalue weighted by Gasteiger charge is 2.23. The van der Waals surface area contributed by atoms with Crippen LogP contribution in [0.4, 0.5) is 0 Å². The first-order valence-electron chi connectivity index (χ1n) is 13.1. The van der Waals surface area contributed by atoms with E-state index < -0.39 is 0 Å². The number of carbonyl (C=O) groups excluding carboxylic acids is 2. The van der Waals surface area contributed by atoms with Crippen molar-refractivity contribution in [2.45, 2.75) is 31.8 Å². The first-order valence-corrected chi connectivity index (χ1v) is 13.1. The number of nitrogens with zero attached hydrogens (tertiary/aromatic N) is 3. The van der Waals surface area contributed by atoms with E-state index >= 15 is 0 Å². The third-order valence-corrected chi connectivity index (χ3v) is 7.16. The molecule has 0 bridgehead atoms. The molecule has 1 N–H and O–H groups in total. The summed E-state index contributed by atoms with van der Waals surface area (Å²) < 4.78 is 16.8. The zero-order valence-corrected chi connectivity index (χ0v) is 21.5. The second-order valence-corrected chi connectivity index (χ2v) is 10.1. The zero-order valence-electron chi connectivity index (χ0n) is 21.5. The quantitative estimate of drug-likeness (QED) is 0.525. The largest absolute Gasteiger partial charge is 0.492 e. The Labute approximate surface area is 218 Å². The Morgan fingerprint density at radius 3 is 2.73 bits per heavy atom. The van der Waals surface area contributed by atoms with E-state index in [0.29, 0.717) is 25.2 Å². The lowest BCUT2D eigenvalue weighted by Gasteiger charge is -2.34. The molecule has 2 amide bonds. The maximum absolute atomic E-state index is 12.8. The molecule has 198 valence electrons. The van der Waals surface area contributed by atoms with Crippen LogP contribution >= 0.6 is 0 Å². The van der Waals surface area contributed by atoms with Gasteiger partial charge in [0.2, 0.25) is 18.6 Å². The summed E-state index contributed by atoms with van der Waals surface area (Å²) in [5.74, 6) is 2.63. The summed E-state index contributed by atoms with van der Waals surface area (Å²) in [5, 5.41) is 3.03. The lowest BCUT2D eigenvalue weighted by Crippen LogP contribution is -2.49. The highest BCUT2D eigenvalue weighted by molar-refractivity contribution is 5.79. The molecule has 5 rings (SSSR count). The van der Waals surface area contributed by atoms with Crippen molar-refractivity contribution in [2.24, 2.45) is 0 Å². The average molecular weight is 509 g/mol. The summed E-state index contributed by atoms with van der Waals surface area (Å²) in [6, 6.07) is 14.2. The Hall–Kier alpha value is -3.30. The summed E-state index contributed by atoms with van der Waals surface area (Å²) in [7, 11) is 2.08. The molecule has 3 aliphatic heterocycles. The van der Waals surface area contributed by atoms with Crippen LogP contribution in [0.5, 0.6) is 17.2 Å². The molecule has 1 atom stereocenters. The lowest BCUT2D eigenvalue weighted by molar-refractivity contribution is -0.132. The maximum Gasteiger partial charge on any atom is 0.231 e. The van der Waals surface area contributed by atoms with E-state index in [-0.39, 0.29) is 24.6 Å². The number of amides is 2. The number of hydrogen-bond acceptors (Lipinski definition) is 7. The molecule has 2 saturated heterocycles. The summed E-state index contributed by atoms with van der Waals surface area (Å²) in [6.45, 7) is 6.49. The van der Waals surface area contributed by atoms with Crippen molar-refractivity contribution < 1.29 is 23.8 Å². The van der Waals surface area contributed by atoms with E-state index in [1.165, 1.54) is 5.56 Å². The molecule has 2 fully saturated rings. The fraction of sp³-hybridized carbons (Fsp3) is 0.500. The van der Waals surface area contributed by atoms with Gasteiger partial charge in [-0.15, -0.1) is 0 Å². The first-order chi connectivity index (χ1) is 18.0.